The van der Waals surface area contributed by atoms with Crippen molar-refractivity contribution in [1.82, 2.24) is 5.32 Å². The molecule has 100 valence electrons. The quantitative estimate of drug-likeness (QED) is 0.735. The summed E-state index contributed by atoms with van der Waals surface area (Å²) in [5.74, 6) is 1.62. The number of nitrogens with one attached hydrogen (secondary N) is 1. The normalized spacial score (nSPS) is 10.8. The van der Waals surface area contributed by atoms with Crippen molar-refractivity contribution in [1.29, 1.82) is 0 Å². The Labute approximate surface area is 114 Å². The van der Waals surface area contributed by atoms with Gasteiger partial charge >= 0.3 is 0 Å². The molecular formula is C14H20ClNO2. The van der Waals surface area contributed by atoms with Crippen LogP contribution in [0.3, 0.4) is 0 Å². The second kappa shape index (κ2) is 8.84. The summed E-state index contributed by atoms with van der Waals surface area (Å²) < 4.78 is 10.9. The summed E-state index contributed by atoms with van der Waals surface area (Å²) in [6, 6.07) is 5.85. The maximum Gasteiger partial charge on any atom is 0.127 e. The average Bonchev–Trinajstić information content (AvgIpc) is 2.40. The third kappa shape index (κ3) is 4.98. The molecule has 0 heterocycles. The summed E-state index contributed by atoms with van der Waals surface area (Å²) in [5, 5.41) is 3.35. The van der Waals surface area contributed by atoms with E-state index in [0.29, 0.717) is 6.61 Å². The number of ether oxygens (including phenoxy) is 2. The highest BCUT2D eigenvalue weighted by Crippen LogP contribution is 2.24. The number of methoxy groups -OCH3 is 1. The average molecular weight is 270 g/mol. The Morgan fingerprint density at radius 1 is 1.39 bits per heavy atom. The molecule has 0 fully saturated rings. The zero-order valence-electron chi connectivity index (χ0n) is 10.9. The topological polar surface area (TPSA) is 30.5 Å². The molecule has 3 nitrogen and oxygen atoms in total. The van der Waals surface area contributed by atoms with Gasteiger partial charge < -0.3 is 14.8 Å². The van der Waals surface area contributed by atoms with Crippen LogP contribution in [-0.2, 0) is 6.54 Å². The van der Waals surface area contributed by atoms with Crippen LogP contribution in [0.25, 0.3) is 0 Å². The number of rotatable bonds is 8. The molecule has 0 aromatic heterocycles. The van der Waals surface area contributed by atoms with Crippen molar-refractivity contribution in [2.24, 2.45) is 0 Å². The van der Waals surface area contributed by atoms with E-state index >= 15 is 0 Å². The van der Waals surface area contributed by atoms with E-state index in [1.165, 1.54) is 5.54 Å². The summed E-state index contributed by atoms with van der Waals surface area (Å²) in [6.07, 6.45) is 2.87. The standard InChI is InChI=1S/C14H20ClNO2/c1-3-8-16-11-12-5-6-13(17-2)10-14(12)18-9-4-7-15/h4-7,10,16H,3,8-9,11H2,1-2H3/b7-4+. The van der Waals surface area contributed by atoms with Gasteiger partial charge in [-0.05, 0) is 25.1 Å². The van der Waals surface area contributed by atoms with Gasteiger partial charge in [-0.15, -0.1) is 0 Å². The molecule has 18 heavy (non-hydrogen) atoms. The summed E-state index contributed by atoms with van der Waals surface area (Å²) in [7, 11) is 1.65. The lowest BCUT2D eigenvalue weighted by atomic mass is 10.2. The first-order chi connectivity index (χ1) is 8.81. The molecule has 0 atom stereocenters. The van der Waals surface area contributed by atoms with Gasteiger partial charge in [0, 0.05) is 23.7 Å². The number of halogens is 1. The monoisotopic (exact) mass is 269 g/mol. The van der Waals surface area contributed by atoms with Crippen LogP contribution >= 0.6 is 11.6 Å². The van der Waals surface area contributed by atoms with Crippen molar-refractivity contribution in [2.45, 2.75) is 19.9 Å². The fourth-order valence-electron chi connectivity index (χ4n) is 1.52. The summed E-state index contributed by atoms with van der Waals surface area (Å²) in [6.45, 7) is 4.38. The maximum absolute atomic E-state index is 5.66. The van der Waals surface area contributed by atoms with Gasteiger partial charge in [0.15, 0.2) is 0 Å². The lowest BCUT2D eigenvalue weighted by Gasteiger charge is -2.12. The third-order valence-electron chi connectivity index (χ3n) is 2.44. The van der Waals surface area contributed by atoms with Crippen LogP contribution in [0.15, 0.2) is 29.8 Å². The van der Waals surface area contributed by atoms with Gasteiger partial charge in [-0.3, -0.25) is 0 Å². The maximum atomic E-state index is 5.66. The van der Waals surface area contributed by atoms with Crippen molar-refractivity contribution in [3.63, 3.8) is 0 Å². The summed E-state index contributed by atoms with van der Waals surface area (Å²) in [5.41, 5.74) is 2.57. The summed E-state index contributed by atoms with van der Waals surface area (Å²) in [4.78, 5) is 0. The minimum Gasteiger partial charge on any atom is -0.497 e. The highest BCUT2D eigenvalue weighted by molar-refractivity contribution is 6.25. The first kappa shape index (κ1) is 14.9. The van der Waals surface area contributed by atoms with Crippen molar-refractivity contribution in [2.75, 3.05) is 20.3 Å². The van der Waals surface area contributed by atoms with Gasteiger partial charge in [-0.1, -0.05) is 24.6 Å². The van der Waals surface area contributed by atoms with Crippen LogP contribution < -0.4 is 14.8 Å². The highest BCUT2D eigenvalue weighted by Gasteiger charge is 2.05. The van der Waals surface area contributed by atoms with Gasteiger partial charge in [-0.2, -0.15) is 0 Å². The van der Waals surface area contributed by atoms with Crippen molar-refractivity contribution < 1.29 is 9.47 Å². The van der Waals surface area contributed by atoms with E-state index in [1.807, 2.05) is 18.2 Å². The predicted molar refractivity (Wildman–Crippen MR) is 75.5 cm³/mol. The van der Waals surface area contributed by atoms with Crippen LogP contribution in [0.4, 0.5) is 0 Å². The number of benzene rings is 1. The van der Waals surface area contributed by atoms with Crippen LogP contribution in [0, 0.1) is 0 Å². The predicted octanol–water partition coefficient (Wildman–Crippen LogP) is 3.33. The van der Waals surface area contributed by atoms with Crippen molar-refractivity contribution >= 4 is 11.6 Å². The third-order valence-corrected chi connectivity index (χ3v) is 2.62. The van der Waals surface area contributed by atoms with Crippen LogP contribution in [0.1, 0.15) is 18.9 Å². The Morgan fingerprint density at radius 2 is 2.22 bits per heavy atom. The summed E-state index contributed by atoms with van der Waals surface area (Å²) >= 11 is 5.47. The van der Waals surface area contributed by atoms with Gasteiger partial charge in [-0.25, -0.2) is 0 Å². The lowest BCUT2D eigenvalue weighted by Crippen LogP contribution is -2.14. The van der Waals surface area contributed by atoms with Crippen molar-refractivity contribution in [3.05, 3.63) is 35.4 Å². The van der Waals surface area contributed by atoms with Gasteiger partial charge in [0.2, 0.25) is 0 Å². The Kier molecular flexibility index (Phi) is 7.30. The van der Waals surface area contributed by atoms with Gasteiger partial charge in [0.05, 0.1) is 7.11 Å². The molecule has 0 saturated carbocycles. The molecule has 0 aliphatic heterocycles. The van der Waals surface area contributed by atoms with Crippen LogP contribution in [0.5, 0.6) is 11.5 Å². The molecule has 0 bridgehead atoms. The van der Waals surface area contributed by atoms with E-state index in [1.54, 1.807) is 13.2 Å². The molecule has 4 heteroatoms. The molecule has 0 amide bonds. The Morgan fingerprint density at radius 3 is 2.89 bits per heavy atom. The van der Waals surface area contributed by atoms with Crippen LogP contribution in [0.2, 0.25) is 0 Å². The molecule has 0 aliphatic rings. The molecule has 1 rings (SSSR count). The Bertz CT molecular complexity index is 380. The lowest BCUT2D eigenvalue weighted by molar-refractivity contribution is 0.352. The molecule has 0 unspecified atom stereocenters. The second-order valence-electron chi connectivity index (χ2n) is 3.82. The Balaban J connectivity index is 2.72. The van der Waals surface area contributed by atoms with Gasteiger partial charge in [0.1, 0.15) is 18.1 Å². The van der Waals surface area contributed by atoms with Gasteiger partial charge in [0.25, 0.3) is 0 Å². The minimum absolute atomic E-state index is 0.456. The van der Waals surface area contributed by atoms with E-state index in [9.17, 15) is 0 Å². The largest absolute Gasteiger partial charge is 0.497 e. The first-order valence-corrected chi connectivity index (χ1v) is 6.51. The van der Waals surface area contributed by atoms with E-state index in [0.717, 1.165) is 36.6 Å². The number of hydrogen-bond acceptors (Lipinski definition) is 3. The second-order valence-corrected chi connectivity index (χ2v) is 4.08. The Hall–Kier alpha value is -1.19. The first-order valence-electron chi connectivity index (χ1n) is 6.07. The fraction of sp³-hybridized carbons (Fsp3) is 0.429. The van der Waals surface area contributed by atoms with Crippen molar-refractivity contribution in [3.8, 4) is 11.5 Å². The van der Waals surface area contributed by atoms with E-state index in [4.69, 9.17) is 21.1 Å². The SMILES string of the molecule is CCCNCc1ccc(OC)cc1OC/C=C/Cl. The number of hydrogen-bond donors (Lipinski definition) is 1. The molecule has 1 aromatic rings. The molecular weight excluding hydrogens is 250 g/mol. The zero-order valence-corrected chi connectivity index (χ0v) is 11.7. The van der Waals surface area contributed by atoms with Crippen LogP contribution in [-0.4, -0.2) is 20.3 Å². The molecule has 1 N–H and O–H groups in total. The molecule has 0 radical (unpaired) electrons. The highest BCUT2D eigenvalue weighted by atomic mass is 35.5. The smallest absolute Gasteiger partial charge is 0.127 e. The molecule has 0 aliphatic carbocycles. The molecule has 0 spiro atoms. The minimum atomic E-state index is 0.456. The molecule has 0 saturated heterocycles. The zero-order chi connectivity index (χ0) is 13.2. The van der Waals surface area contributed by atoms with E-state index in [2.05, 4.69) is 12.2 Å². The van der Waals surface area contributed by atoms with E-state index in [-0.39, 0.29) is 0 Å². The van der Waals surface area contributed by atoms with E-state index < -0.39 is 0 Å². The fourth-order valence-corrected chi connectivity index (χ4v) is 1.59. The molecule has 1 aromatic carbocycles.